The molecule has 0 aromatic carbocycles. The molecule has 0 aliphatic heterocycles. The fourth-order valence-corrected chi connectivity index (χ4v) is 4.09. The second-order valence-corrected chi connectivity index (χ2v) is 6.91. The zero-order valence-electron chi connectivity index (χ0n) is 13.6. The van der Waals surface area contributed by atoms with Crippen molar-refractivity contribution in [3.63, 3.8) is 0 Å². The van der Waals surface area contributed by atoms with E-state index in [1.807, 2.05) is 31.2 Å². The molecule has 0 N–H and O–H groups in total. The van der Waals surface area contributed by atoms with Gasteiger partial charge in [0.2, 0.25) is 0 Å². The smallest absolute Gasteiger partial charge is 0.0929 e. The van der Waals surface area contributed by atoms with Gasteiger partial charge in [-0.3, -0.25) is 4.98 Å². The maximum absolute atomic E-state index is 5.90. The Hall–Kier alpha value is -1.57. The second-order valence-electron chi connectivity index (χ2n) is 6.91. The Morgan fingerprint density at radius 2 is 2.18 bits per heavy atom. The summed E-state index contributed by atoms with van der Waals surface area (Å²) in [6, 6.07) is 3.88. The van der Waals surface area contributed by atoms with Crippen molar-refractivity contribution in [3.05, 3.63) is 40.7 Å². The third kappa shape index (κ3) is 3.79. The summed E-state index contributed by atoms with van der Waals surface area (Å²) < 4.78 is 5.90. The third-order valence-corrected chi connectivity index (χ3v) is 5.41. The van der Waals surface area contributed by atoms with Crippen molar-refractivity contribution < 1.29 is 4.74 Å². The molecule has 3 fully saturated rings. The summed E-state index contributed by atoms with van der Waals surface area (Å²) in [7, 11) is 0. The lowest BCUT2D eigenvalue weighted by Gasteiger charge is -2.42. The van der Waals surface area contributed by atoms with Crippen LogP contribution in [0.5, 0.6) is 0 Å². The first-order valence-corrected chi connectivity index (χ1v) is 8.64. The average Bonchev–Trinajstić information content (AvgIpc) is 2.55. The van der Waals surface area contributed by atoms with Crippen LogP contribution in [0, 0.1) is 17.8 Å². The van der Waals surface area contributed by atoms with E-state index in [-0.39, 0.29) is 0 Å². The minimum Gasteiger partial charge on any atom is -0.498 e. The van der Waals surface area contributed by atoms with E-state index >= 15 is 0 Å². The van der Waals surface area contributed by atoms with E-state index < -0.39 is 0 Å². The first-order chi connectivity index (χ1) is 10.7. The number of aromatic nitrogens is 1. The van der Waals surface area contributed by atoms with Crippen molar-refractivity contribution >= 4 is 12.7 Å². The largest absolute Gasteiger partial charge is 0.498 e. The Kier molecular flexibility index (Phi) is 4.97. The van der Waals surface area contributed by atoms with Crippen LogP contribution in [0.15, 0.2) is 30.2 Å². The predicted molar refractivity (Wildman–Crippen MR) is 91.4 cm³/mol. The Morgan fingerprint density at radius 3 is 2.86 bits per heavy atom. The first kappa shape index (κ1) is 15.3. The Morgan fingerprint density at radius 1 is 1.36 bits per heavy atom. The van der Waals surface area contributed by atoms with Crippen LogP contribution in [0.25, 0.3) is 12.7 Å². The molecule has 3 saturated carbocycles. The van der Waals surface area contributed by atoms with Crippen molar-refractivity contribution in [2.24, 2.45) is 17.8 Å². The SMILES string of the molecule is C=c1cccn/c1=C/C=C(\C)OCCC1CC2CCC1CC2. The van der Waals surface area contributed by atoms with E-state index in [1.54, 1.807) is 6.20 Å². The number of ether oxygens (including phenoxy) is 1. The molecule has 3 aliphatic carbocycles. The Balaban J connectivity index is 1.49. The van der Waals surface area contributed by atoms with Gasteiger partial charge in [-0.1, -0.05) is 25.5 Å². The molecule has 3 aliphatic rings. The summed E-state index contributed by atoms with van der Waals surface area (Å²) in [5.74, 6) is 3.86. The van der Waals surface area contributed by atoms with Gasteiger partial charge in [-0.05, 0) is 73.8 Å². The van der Waals surface area contributed by atoms with Crippen molar-refractivity contribution in [1.29, 1.82) is 0 Å². The van der Waals surface area contributed by atoms with Gasteiger partial charge >= 0.3 is 0 Å². The summed E-state index contributed by atoms with van der Waals surface area (Å²) in [6.07, 6.45) is 14.3. The molecular formula is C20H27NO. The van der Waals surface area contributed by atoms with E-state index in [0.29, 0.717) is 0 Å². The van der Waals surface area contributed by atoms with Gasteiger partial charge in [0.15, 0.2) is 0 Å². The van der Waals surface area contributed by atoms with Gasteiger partial charge in [-0.2, -0.15) is 0 Å². The lowest BCUT2D eigenvalue weighted by molar-refractivity contribution is 0.0716. The molecule has 1 aromatic rings. The van der Waals surface area contributed by atoms with Gasteiger partial charge in [0, 0.05) is 6.20 Å². The van der Waals surface area contributed by atoms with Crippen LogP contribution in [0.1, 0.15) is 45.4 Å². The zero-order chi connectivity index (χ0) is 15.4. The Bertz CT molecular complexity index is 625. The van der Waals surface area contributed by atoms with Crippen molar-refractivity contribution in [2.75, 3.05) is 6.61 Å². The summed E-state index contributed by atoms with van der Waals surface area (Å²) >= 11 is 0. The monoisotopic (exact) mass is 297 g/mol. The van der Waals surface area contributed by atoms with Crippen LogP contribution in [0.4, 0.5) is 0 Å². The molecule has 22 heavy (non-hydrogen) atoms. The molecule has 2 nitrogen and oxygen atoms in total. The fraction of sp³-hybridized carbons (Fsp3) is 0.550. The normalized spacial score (nSPS) is 28.9. The number of hydrogen-bond donors (Lipinski definition) is 0. The molecule has 0 spiro atoms. The predicted octanol–water partition coefficient (Wildman–Crippen LogP) is 3.41. The highest BCUT2D eigenvalue weighted by atomic mass is 16.5. The molecule has 0 saturated heterocycles. The first-order valence-electron chi connectivity index (χ1n) is 8.64. The number of hydrogen-bond acceptors (Lipinski definition) is 2. The zero-order valence-corrected chi connectivity index (χ0v) is 13.6. The van der Waals surface area contributed by atoms with E-state index in [0.717, 1.165) is 40.7 Å². The van der Waals surface area contributed by atoms with Crippen molar-refractivity contribution in [1.82, 2.24) is 4.98 Å². The maximum Gasteiger partial charge on any atom is 0.0929 e. The summed E-state index contributed by atoms with van der Waals surface area (Å²) in [5.41, 5.74) is 0. The second kappa shape index (κ2) is 7.13. The average molecular weight is 297 g/mol. The van der Waals surface area contributed by atoms with E-state index in [4.69, 9.17) is 4.74 Å². The number of fused-ring (bicyclic) bond motifs is 3. The van der Waals surface area contributed by atoms with Gasteiger partial charge in [0.1, 0.15) is 0 Å². The Labute approximate surface area is 133 Å². The molecule has 2 bridgehead atoms. The topological polar surface area (TPSA) is 22.1 Å². The summed E-state index contributed by atoms with van der Waals surface area (Å²) in [4.78, 5) is 4.31. The molecule has 0 amide bonds. The van der Waals surface area contributed by atoms with Crippen LogP contribution in [-0.2, 0) is 4.74 Å². The molecule has 1 aromatic heterocycles. The van der Waals surface area contributed by atoms with E-state index in [9.17, 15) is 0 Å². The molecular weight excluding hydrogens is 270 g/mol. The minimum atomic E-state index is 0.851. The van der Waals surface area contributed by atoms with Crippen molar-refractivity contribution in [2.45, 2.75) is 45.4 Å². The van der Waals surface area contributed by atoms with Crippen LogP contribution in [-0.4, -0.2) is 11.6 Å². The molecule has 1 atom stereocenters. The molecule has 2 heteroatoms. The number of rotatable bonds is 5. The van der Waals surface area contributed by atoms with Gasteiger partial charge in [-0.25, -0.2) is 0 Å². The van der Waals surface area contributed by atoms with Gasteiger partial charge in [0.25, 0.3) is 0 Å². The lowest BCUT2D eigenvalue weighted by Crippen LogP contribution is -2.31. The molecule has 4 rings (SSSR count). The highest BCUT2D eigenvalue weighted by Gasteiger charge is 2.34. The maximum atomic E-state index is 5.90. The minimum absolute atomic E-state index is 0.851. The quantitative estimate of drug-likeness (QED) is 0.777. The standard InChI is InChI=1S/C20H27NO/c1-15-4-3-12-21-20(15)10-5-16(2)22-13-11-19-14-17-6-8-18(19)9-7-17/h3-5,10,12,17-19H,1,6-9,11,13-14H2,2H3/b16-5+,20-10+. The van der Waals surface area contributed by atoms with Gasteiger partial charge in [0.05, 0.1) is 17.7 Å². The van der Waals surface area contributed by atoms with Gasteiger partial charge < -0.3 is 4.74 Å². The van der Waals surface area contributed by atoms with E-state index in [1.165, 1.54) is 38.5 Å². The number of pyridine rings is 1. The summed E-state index contributed by atoms with van der Waals surface area (Å²) in [6.45, 7) is 6.85. The molecule has 118 valence electrons. The molecule has 1 unspecified atom stereocenters. The van der Waals surface area contributed by atoms with E-state index in [2.05, 4.69) is 11.6 Å². The highest BCUT2D eigenvalue weighted by molar-refractivity contribution is 5.36. The number of allylic oxidation sites excluding steroid dienone is 2. The highest BCUT2D eigenvalue weighted by Crippen LogP contribution is 2.46. The van der Waals surface area contributed by atoms with Crippen LogP contribution in [0.3, 0.4) is 0 Å². The van der Waals surface area contributed by atoms with Crippen LogP contribution in [0.2, 0.25) is 0 Å². The molecule has 0 radical (unpaired) electrons. The third-order valence-electron chi connectivity index (χ3n) is 5.41. The lowest BCUT2D eigenvalue weighted by atomic mass is 9.64. The van der Waals surface area contributed by atoms with Crippen molar-refractivity contribution in [3.8, 4) is 0 Å². The van der Waals surface area contributed by atoms with Crippen LogP contribution >= 0.6 is 0 Å². The van der Waals surface area contributed by atoms with Crippen LogP contribution < -0.4 is 10.6 Å². The van der Waals surface area contributed by atoms with Gasteiger partial charge in [-0.15, -0.1) is 0 Å². The molecule has 1 heterocycles. The summed E-state index contributed by atoms with van der Waals surface area (Å²) in [5, 5.41) is 1.86. The fourth-order valence-electron chi connectivity index (χ4n) is 4.09. The number of nitrogens with zero attached hydrogens (tertiary/aromatic N) is 1.